The first-order valence-corrected chi connectivity index (χ1v) is 8.81. The van der Waals surface area contributed by atoms with Crippen LogP contribution in [0, 0.1) is 12.8 Å². The number of aromatic nitrogens is 1. The number of allylic oxidation sites excluding steroid dienone is 1. The van der Waals surface area contributed by atoms with Gasteiger partial charge in [0.2, 0.25) is 0 Å². The van der Waals surface area contributed by atoms with E-state index in [4.69, 9.17) is 4.74 Å². The number of rotatable bonds is 1. The molecule has 1 aliphatic rings. The second-order valence-corrected chi connectivity index (χ2v) is 7.88. The van der Waals surface area contributed by atoms with E-state index in [0.717, 1.165) is 34.3 Å². The molecule has 0 saturated heterocycles. The first kappa shape index (κ1) is 17.5. The molecule has 132 valence electrons. The van der Waals surface area contributed by atoms with E-state index in [0.29, 0.717) is 12.5 Å². The van der Waals surface area contributed by atoms with Gasteiger partial charge >= 0.3 is 6.09 Å². The van der Waals surface area contributed by atoms with Gasteiger partial charge in [0.05, 0.1) is 11.2 Å². The number of hydrogen-bond acceptors (Lipinski definition) is 3. The summed E-state index contributed by atoms with van der Waals surface area (Å²) in [5, 5.41) is 1.10. The van der Waals surface area contributed by atoms with Gasteiger partial charge in [0, 0.05) is 23.2 Å². The van der Waals surface area contributed by atoms with Crippen molar-refractivity contribution in [1.29, 1.82) is 0 Å². The van der Waals surface area contributed by atoms with Crippen LogP contribution in [0.5, 0.6) is 0 Å². The zero-order valence-electron chi connectivity index (χ0n) is 15.7. The maximum Gasteiger partial charge on any atom is 0.414 e. The van der Waals surface area contributed by atoms with Crippen molar-refractivity contribution < 1.29 is 9.53 Å². The molecule has 0 bridgehead atoms. The van der Waals surface area contributed by atoms with Crippen LogP contribution in [0.2, 0.25) is 0 Å². The molecule has 1 atom stereocenters. The lowest BCUT2D eigenvalue weighted by molar-refractivity contribution is 0.0327. The van der Waals surface area contributed by atoms with E-state index in [-0.39, 0.29) is 6.09 Å². The van der Waals surface area contributed by atoms with Gasteiger partial charge in [-0.15, -0.1) is 0 Å². The standard InChI is InChI=1S/C21H26N2O2/c1-14-6-11-19(23(13-14)20(24)25-21(3,4)5)17-10-9-16-8-7-15(2)22-18(16)12-17/h7-12,14H,6,13H2,1-5H3/t14-/m0/s1. The number of fused-ring (bicyclic) bond motifs is 1. The van der Waals surface area contributed by atoms with Gasteiger partial charge in [0.1, 0.15) is 5.60 Å². The second-order valence-electron chi connectivity index (χ2n) is 7.88. The van der Waals surface area contributed by atoms with Crippen molar-refractivity contribution >= 4 is 22.7 Å². The van der Waals surface area contributed by atoms with Crippen LogP contribution in [0.25, 0.3) is 16.6 Å². The lowest BCUT2D eigenvalue weighted by Crippen LogP contribution is -2.39. The second kappa shape index (κ2) is 6.51. The Bertz CT molecular complexity index is 833. The molecule has 25 heavy (non-hydrogen) atoms. The topological polar surface area (TPSA) is 42.4 Å². The van der Waals surface area contributed by atoms with Gasteiger partial charge in [0.25, 0.3) is 0 Å². The van der Waals surface area contributed by atoms with Crippen molar-refractivity contribution in [3.63, 3.8) is 0 Å². The van der Waals surface area contributed by atoms with E-state index >= 15 is 0 Å². The smallest absolute Gasteiger partial charge is 0.414 e. The first-order valence-electron chi connectivity index (χ1n) is 8.81. The Balaban J connectivity index is 1.99. The SMILES string of the molecule is Cc1ccc2ccc(C3=CC[C@H](C)CN3C(=O)OC(C)(C)C)cc2n1. The summed E-state index contributed by atoms with van der Waals surface area (Å²) in [4.78, 5) is 19.1. The number of aryl methyl sites for hydroxylation is 1. The summed E-state index contributed by atoms with van der Waals surface area (Å²) in [5.41, 5.74) is 3.34. The fourth-order valence-electron chi connectivity index (χ4n) is 3.05. The fourth-order valence-corrected chi connectivity index (χ4v) is 3.05. The Morgan fingerprint density at radius 2 is 1.96 bits per heavy atom. The van der Waals surface area contributed by atoms with Crippen LogP contribution in [-0.2, 0) is 4.74 Å². The Morgan fingerprint density at radius 3 is 2.68 bits per heavy atom. The Labute approximate surface area is 149 Å². The van der Waals surface area contributed by atoms with E-state index < -0.39 is 5.60 Å². The van der Waals surface area contributed by atoms with Crippen molar-refractivity contribution in [2.45, 2.75) is 46.6 Å². The highest BCUT2D eigenvalue weighted by molar-refractivity contribution is 5.87. The summed E-state index contributed by atoms with van der Waals surface area (Å²) in [6.07, 6.45) is 2.80. The molecule has 1 aromatic carbocycles. The molecule has 0 radical (unpaired) electrons. The fraction of sp³-hybridized carbons (Fsp3) is 0.429. The molecule has 0 spiro atoms. The number of amides is 1. The number of hydrogen-bond donors (Lipinski definition) is 0. The molecule has 1 aliphatic heterocycles. The van der Waals surface area contributed by atoms with Crippen molar-refractivity contribution in [2.75, 3.05) is 6.54 Å². The summed E-state index contributed by atoms with van der Waals surface area (Å²) in [7, 11) is 0. The molecule has 4 heteroatoms. The average molecular weight is 338 g/mol. The Hall–Kier alpha value is -2.36. The molecule has 0 unspecified atom stereocenters. The summed E-state index contributed by atoms with van der Waals surface area (Å²) >= 11 is 0. The molecule has 0 N–H and O–H groups in total. The third-order valence-electron chi connectivity index (χ3n) is 4.24. The molecular weight excluding hydrogens is 312 g/mol. The minimum atomic E-state index is -0.509. The van der Waals surface area contributed by atoms with E-state index in [1.165, 1.54) is 0 Å². The molecule has 4 nitrogen and oxygen atoms in total. The van der Waals surface area contributed by atoms with Gasteiger partial charge in [-0.25, -0.2) is 4.79 Å². The van der Waals surface area contributed by atoms with Crippen LogP contribution in [-0.4, -0.2) is 28.1 Å². The molecule has 2 heterocycles. The van der Waals surface area contributed by atoms with Crippen LogP contribution in [0.15, 0.2) is 36.4 Å². The molecule has 0 aliphatic carbocycles. The number of carbonyl (C=O) groups is 1. The van der Waals surface area contributed by atoms with Crippen molar-refractivity contribution in [3.8, 4) is 0 Å². The normalized spacial score (nSPS) is 18.2. The predicted octanol–water partition coefficient (Wildman–Crippen LogP) is 5.16. The van der Waals surface area contributed by atoms with E-state index in [1.54, 1.807) is 4.90 Å². The van der Waals surface area contributed by atoms with E-state index in [1.807, 2.05) is 33.8 Å². The molecule has 0 fully saturated rings. The van der Waals surface area contributed by atoms with E-state index in [9.17, 15) is 4.79 Å². The van der Waals surface area contributed by atoms with Gasteiger partial charge in [-0.1, -0.05) is 31.2 Å². The van der Waals surface area contributed by atoms with Crippen LogP contribution >= 0.6 is 0 Å². The minimum Gasteiger partial charge on any atom is -0.443 e. The third kappa shape index (κ3) is 4.01. The maximum atomic E-state index is 12.7. The zero-order chi connectivity index (χ0) is 18.2. The van der Waals surface area contributed by atoms with Crippen LogP contribution < -0.4 is 0 Å². The van der Waals surface area contributed by atoms with Crippen molar-refractivity contribution in [2.24, 2.45) is 5.92 Å². The molecule has 0 saturated carbocycles. The lowest BCUT2D eigenvalue weighted by Gasteiger charge is -2.34. The molecule has 1 amide bonds. The van der Waals surface area contributed by atoms with Gasteiger partial charge in [-0.3, -0.25) is 9.88 Å². The van der Waals surface area contributed by atoms with E-state index in [2.05, 4.69) is 42.2 Å². The monoisotopic (exact) mass is 338 g/mol. The zero-order valence-corrected chi connectivity index (χ0v) is 15.7. The van der Waals surface area contributed by atoms with Crippen molar-refractivity contribution in [1.82, 2.24) is 9.88 Å². The van der Waals surface area contributed by atoms with Gasteiger partial charge in [-0.2, -0.15) is 0 Å². The maximum absolute atomic E-state index is 12.7. The summed E-state index contributed by atoms with van der Waals surface area (Å²) in [5.74, 6) is 0.414. The molecule has 1 aromatic heterocycles. The number of benzene rings is 1. The van der Waals surface area contributed by atoms with Gasteiger partial charge in [0.15, 0.2) is 0 Å². The Morgan fingerprint density at radius 1 is 1.24 bits per heavy atom. The summed E-state index contributed by atoms with van der Waals surface area (Å²) in [6, 6.07) is 10.3. The summed E-state index contributed by atoms with van der Waals surface area (Å²) in [6.45, 7) is 10.5. The average Bonchev–Trinajstić information content (AvgIpc) is 2.52. The number of carbonyl (C=O) groups excluding carboxylic acids is 1. The number of pyridine rings is 1. The molecule has 3 rings (SSSR count). The van der Waals surface area contributed by atoms with Crippen LogP contribution in [0.4, 0.5) is 4.79 Å². The van der Waals surface area contributed by atoms with Gasteiger partial charge < -0.3 is 4.74 Å². The first-order chi connectivity index (χ1) is 11.7. The number of nitrogens with zero attached hydrogens (tertiary/aromatic N) is 2. The molecule has 2 aromatic rings. The lowest BCUT2D eigenvalue weighted by atomic mass is 9.98. The quantitative estimate of drug-likeness (QED) is 0.721. The highest BCUT2D eigenvalue weighted by atomic mass is 16.6. The minimum absolute atomic E-state index is 0.289. The van der Waals surface area contributed by atoms with Crippen LogP contribution in [0.3, 0.4) is 0 Å². The third-order valence-corrected chi connectivity index (χ3v) is 4.24. The van der Waals surface area contributed by atoms with Gasteiger partial charge in [-0.05, 0) is 52.2 Å². The Kier molecular flexibility index (Phi) is 4.55. The predicted molar refractivity (Wildman–Crippen MR) is 101 cm³/mol. The highest BCUT2D eigenvalue weighted by Crippen LogP contribution is 2.30. The largest absolute Gasteiger partial charge is 0.443 e. The highest BCUT2D eigenvalue weighted by Gasteiger charge is 2.29. The molecular formula is C21H26N2O2. The summed E-state index contributed by atoms with van der Waals surface area (Å²) < 4.78 is 5.61. The number of ether oxygens (including phenoxy) is 1. The van der Waals surface area contributed by atoms with Crippen molar-refractivity contribution in [3.05, 3.63) is 47.7 Å². The van der Waals surface area contributed by atoms with Crippen LogP contribution in [0.1, 0.15) is 45.4 Å².